The lowest BCUT2D eigenvalue weighted by Crippen LogP contribution is -2.62. The first kappa shape index (κ1) is 53.7. The van der Waals surface area contributed by atoms with E-state index < -0.39 is 139 Å². The quantitative estimate of drug-likeness (QED) is 0.0426. The van der Waals surface area contributed by atoms with Crippen molar-refractivity contribution in [3.8, 4) is 0 Å². The summed E-state index contributed by atoms with van der Waals surface area (Å²) in [7, 11) is 0. The van der Waals surface area contributed by atoms with Crippen LogP contribution in [0.2, 0.25) is 0 Å². The van der Waals surface area contributed by atoms with Gasteiger partial charge in [-0.05, 0) is 42.7 Å². The van der Waals surface area contributed by atoms with Crippen molar-refractivity contribution in [2.24, 2.45) is 29.0 Å². The van der Waals surface area contributed by atoms with Crippen LogP contribution in [0.4, 0.5) is 0 Å². The van der Waals surface area contributed by atoms with Gasteiger partial charge in [-0.15, -0.1) is 0 Å². The first-order valence-electron chi connectivity index (χ1n) is 21.6. The third kappa shape index (κ3) is 14.9. The van der Waals surface area contributed by atoms with Gasteiger partial charge in [-0.3, -0.25) is 43.2 Å². The fraction of sp³-hybridized carbons (Fsp3) is 0.571. The summed E-state index contributed by atoms with van der Waals surface area (Å²) < 4.78 is 0. The van der Waals surface area contributed by atoms with Crippen LogP contribution in [-0.4, -0.2) is 152 Å². The summed E-state index contributed by atoms with van der Waals surface area (Å²) in [4.78, 5) is 134. The minimum absolute atomic E-state index is 0.0784. The van der Waals surface area contributed by atoms with Crippen molar-refractivity contribution in [3.63, 3.8) is 0 Å². The average molecular weight is 930 g/mol. The standard InChI is InChI=1S/C42H63N11O13/c1-5-21(4)34(52-37(60)26(47-35(58)24(43)12-13-31(44)56)15-22-17-46-25-10-7-6-9-23(22)25)40(63)50-28(18-54)38(61)48-27(16-32(45)57)36(59)49-29(19-55)39(62)51-33(20(2)3)41(64)53-14-8-11-30(53)42(65)66/h6-7,9-10,17,20-21,24,26-30,33-34,46,54-55H,5,8,11-16,18-19,43H2,1-4H3,(H2,44,56)(H2,45,57)(H,47,58)(H,48,61)(H,49,59)(H,50,63)(H,51,62)(H,52,60)(H,65,66)/t21-,24-,26-,27-,28-,29-,30-,33-,34-/m0/s1. The molecule has 9 atom stereocenters. The lowest BCUT2D eigenvalue weighted by atomic mass is 9.96. The number of aliphatic hydroxyl groups is 2. The number of hydrogen-bond donors (Lipinski definition) is 13. The van der Waals surface area contributed by atoms with Crippen LogP contribution < -0.4 is 49.1 Å². The summed E-state index contributed by atoms with van der Waals surface area (Å²) in [6.45, 7) is 4.56. The molecular weight excluding hydrogens is 867 g/mol. The minimum Gasteiger partial charge on any atom is -0.480 e. The number of carbonyl (C=O) groups excluding carboxylic acids is 9. The van der Waals surface area contributed by atoms with E-state index in [9.17, 15) is 63.3 Å². The first-order chi connectivity index (χ1) is 31.1. The molecular formula is C42H63N11O13. The van der Waals surface area contributed by atoms with E-state index in [1.165, 1.54) is 0 Å². The lowest BCUT2D eigenvalue weighted by Gasteiger charge is -2.30. The number of benzene rings is 1. The van der Waals surface area contributed by atoms with Crippen LogP contribution in [-0.2, 0) is 54.4 Å². The van der Waals surface area contributed by atoms with E-state index in [-0.39, 0.29) is 32.2 Å². The van der Waals surface area contributed by atoms with Crippen molar-refractivity contribution in [1.82, 2.24) is 41.8 Å². The van der Waals surface area contributed by atoms with E-state index in [0.717, 1.165) is 15.8 Å². The Balaban J connectivity index is 1.78. The Morgan fingerprint density at radius 2 is 1.29 bits per heavy atom. The Bertz CT molecular complexity index is 2100. The van der Waals surface area contributed by atoms with Crippen LogP contribution in [0.15, 0.2) is 30.5 Å². The molecule has 0 unspecified atom stereocenters. The molecule has 0 bridgehead atoms. The zero-order valence-electron chi connectivity index (χ0n) is 37.3. The molecule has 1 aliphatic heterocycles. The van der Waals surface area contributed by atoms with Gasteiger partial charge in [0, 0.05) is 36.5 Å². The maximum atomic E-state index is 14.0. The molecule has 1 aromatic heterocycles. The molecule has 364 valence electrons. The molecule has 24 nitrogen and oxygen atoms in total. The molecule has 1 fully saturated rings. The SMILES string of the molecule is CC[C@H](C)[C@H](NC(=O)[C@H](Cc1c[nH]c2ccccc12)NC(=O)[C@@H](N)CCC(N)=O)C(=O)N[C@@H](CO)C(=O)N[C@@H](CC(N)=O)C(=O)N[C@@H](CO)C(=O)N[C@H](C(=O)N1CCC[C@H]1C(=O)O)C(C)C. The van der Waals surface area contributed by atoms with Gasteiger partial charge in [-0.25, -0.2) is 4.79 Å². The minimum atomic E-state index is -1.83. The number of nitrogens with two attached hydrogens (primary N) is 3. The third-order valence-corrected chi connectivity index (χ3v) is 11.3. The highest BCUT2D eigenvalue weighted by Crippen LogP contribution is 2.22. The number of amides is 9. The van der Waals surface area contributed by atoms with Gasteiger partial charge in [0.25, 0.3) is 0 Å². The molecule has 1 aromatic carbocycles. The molecule has 3 rings (SSSR count). The Labute approximate surface area is 380 Å². The molecule has 2 aromatic rings. The zero-order valence-corrected chi connectivity index (χ0v) is 37.3. The van der Waals surface area contributed by atoms with Gasteiger partial charge in [0.1, 0.15) is 42.3 Å². The number of nitrogens with one attached hydrogen (secondary N) is 7. The maximum absolute atomic E-state index is 14.0. The number of carboxylic acid groups (broad SMARTS) is 1. The number of hydrogen-bond acceptors (Lipinski definition) is 13. The summed E-state index contributed by atoms with van der Waals surface area (Å²) in [5, 5.41) is 45.0. The number of H-pyrrole nitrogens is 1. The van der Waals surface area contributed by atoms with Gasteiger partial charge in [0.15, 0.2) is 0 Å². The number of fused-ring (bicyclic) bond motifs is 1. The number of nitrogens with zero attached hydrogens (tertiary/aromatic N) is 1. The molecule has 16 N–H and O–H groups in total. The van der Waals surface area contributed by atoms with Gasteiger partial charge in [0.2, 0.25) is 53.2 Å². The van der Waals surface area contributed by atoms with E-state index in [1.807, 2.05) is 0 Å². The number of carboxylic acids is 1. The third-order valence-electron chi connectivity index (χ3n) is 11.3. The molecule has 1 saturated heterocycles. The van der Waals surface area contributed by atoms with E-state index in [1.54, 1.807) is 58.2 Å². The average Bonchev–Trinajstić information content (AvgIpc) is 3.94. The molecule has 9 amide bonds. The first-order valence-corrected chi connectivity index (χ1v) is 21.6. The number of carbonyl (C=O) groups is 10. The van der Waals surface area contributed by atoms with Crippen molar-refractivity contribution in [3.05, 3.63) is 36.0 Å². The van der Waals surface area contributed by atoms with Crippen molar-refractivity contribution in [1.29, 1.82) is 0 Å². The van der Waals surface area contributed by atoms with Crippen molar-refractivity contribution < 1.29 is 63.3 Å². The molecule has 24 heteroatoms. The molecule has 1 aliphatic rings. The number of aliphatic hydroxyl groups excluding tert-OH is 2. The zero-order chi connectivity index (χ0) is 49.4. The topological polar surface area (TPSA) is 401 Å². The second kappa shape index (κ2) is 25.1. The smallest absolute Gasteiger partial charge is 0.326 e. The van der Waals surface area contributed by atoms with E-state index in [2.05, 4.69) is 36.9 Å². The number of aromatic amines is 1. The van der Waals surface area contributed by atoms with Crippen LogP contribution in [0.3, 0.4) is 0 Å². The summed E-state index contributed by atoms with van der Waals surface area (Å²) in [6.07, 6.45) is 1.35. The van der Waals surface area contributed by atoms with Gasteiger partial charge < -0.3 is 74.3 Å². The van der Waals surface area contributed by atoms with Crippen LogP contribution in [0.5, 0.6) is 0 Å². The fourth-order valence-electron chi connectivity index (χ4n) is 7.23. The second-order valence-corrected chi connectivity index (χ2v) is 16.6. The Morgan fingerprint density at radius 1 is 0.742 bits per heavy atom. The van der Waals surface area contributed by atoms with Gasteiger partial charge >= 0.3 is 5.97 Å². The van der Waals surface area contributed by atoms with Crippen molar-refractivity contribution >= 4 is 70.0 Å². The van der Waals surface area contributed by atoms with E-state index in [0.29, 0.717) is 18.4 Å². The summed E-state index contributed by atoms with van der Waals surface area (Å²) in [5.74, 6) is -10.9. The number of primary amides is 2. The summed E-state index contributed by atoms with van der Waals surface area (Å²) in [5.41, 5.74) is 17.9. The Kier molecular flexibility index (Phi) is 20.5. The van der Waals surface area contributed by atoms with Gasteiger partial charge in [-0.1, -0.05) is 52.3 Å². The summed E-state index contributed by atoms with van der Waals surface area (Å²) >= 11 is 0. The highest BCUT2D eigenvalue weighted by molar-refractivity contribution is 5.99. The second-order valence-electron chi connectivity index (χ2n) is 16.6. The summed E-state index contributed by atoms with van der Waals surface area (Å²) in [6, 6.07) is -4.49. The Hall–Kier alpha value is -6.66. The van der Waals surface area contributed by atoms with E-state index in [4.69, 9.17) is 17.2 Å². The normalized spacial score (nSPS) is 17.2. The predicted octanol–water partition coefficient (Wildman–Crippen LogP) is -4.15. The number of para-hydroxylation sites is 1. The van der Waals surface area contributed by atoms with Gasteiger partial charge in [0.05, 0.1) is 25.7 Å². The molecule has 0 spiro atoms. The van der Waals surface area contributed by atoms with Crippen molar-refractivity contribution in [2.75, 3.05) is 19.8 Å². The van der Waals surface area contributed by atoms with Gasteiger partial charge in [-0.2, -0.15) is 0 Å². The van der Waals surface area contributed by atoms with Crippen molar-refractivity contribution in [2.45, 2.75) is 121 Å². The van der Waals surface area contributed by atoms with Crippen LogP contribution >= 0.6 is 0 Å². The predicted molar refractivity (Wildman–Crippen MR) is 235 cm³/mol. The monoisotopic (exact) mass is 929 g/mol. The van der Waals surface area contributed by atoms with Crippen LogP contribution in [0.1, 0.15) is 71.8 Å². The van der Waals surface area contributed by atoms with Crippen LogP contribution in [0.25, 0.3) is 10.9 Å². The molecule has 66 heavy (non-hydrogen) atoms. The lowest BCUT2D eigenvalue weighted by molar-refractivity contribution is -0.150. The number of aromatic nitrogens is 1. The molecule has 0 saturated carbocycles. The molecule has 0 aliphatic carbocycles. The van der Waals surface area contributed by atoms with E-state index >= 15 is 0 Å². The number of rotatable bonds is 26. The highest BCUT2D eigenvalue weighted by atomic mass is 16.4. The number of aliphatic carboxylic acids is 1. The fourth-order valence-corrected chi connectivity index (χ4v) is 7.23. The largest absolute Gasteiger partial charge is 0.480 e. The van der Waals surface area contributed by atoms with Crippen LogP contribution in [0, 0.1) is 11.8 Å². The molecule has 0 radical (unpaired) electrons. The Morgan fingerprint density at radius 3 is 1.86 bits per heavy atom. The maximum Gasteiger partial charge on any atom is 0.326 e. The highest BCUT2D eigenvalue weighted by Gasteiger charge is 2.40. The molecule has 2 heterocycles. The number of likely N-dealkylation sites (tertiary alicyclic amines) is 1.